The van der Waals surface area contributed by atoms with Crippen molar-refractivity contribution < 1.29 is 0 Å². The average molecular weight is 272 g/mol. The fourth-order valence-corrected chi connectivity index (χ4v) is 4.34. The highest BCUT2D eigenvalue weighted by atomic mass is 32.2. The van der Waals surface area contributed by atoms with Crippen LogP contribution >= 0.6 is 11.8 Å². The molecule has 1 aromatic carbocycles. The maximum Gasteiger partial charge on any atom is 0.0447 e. The van der Waals surface area contributed by atoms with Crippen LogP contribution in [0.3, 0.4) is 0 Å². The first-order valence-corrected chi connectivity index (χ1v) is 8.12. The van der Waals surface area contributed by atoms with Crippen LogP contribution in [0.1, 0.15) is 31.4 Å². The first-order chi connectivity index (χ1) is 9.40. The number of thioether (sulfide) groups is 1. The number of pyridine rings is 1. The maximum atomic E-state index is 4.31. The lowest BCUT2D eigenvalue weighted by molar-refractivity contribution is 0.522. The van der Waals surface area contributed by atoms with Gasteiger partial charge in [-0.15, -0.1) is 0 Å². The van der Waals surface area contributed by atoms with Crippen LogP contribution in [-0.4, -0.2) is 22.5 Å². The molecule has 1 aromatic heterocycles. The molecule has 1 aliphatic heterocycles. The van der Waals surface area contributed by atoms with Crippen LogP contribution in [-0.2, 0) is 0 Å². The van der Waals surface area contributed by atoms with E-state index in [9.17, 15) is 0 Å². The molecule has 100 valence electrons. The zero-order valence-electron chi connectivity index (χ0n) is 11.3. The van der Waals surface area contributed by atoms with Gasteiger partial charge in [-0.3, -0.25) is 4.98 Å². The highest BCUT2D eigenvalue weighted by molar-refractivity contribution is 8.00. The van der Waals surface area contributed by atoms with Gasteiger partial charge in [-0.1, -0.05) is 25.1 Å². The lowest BCUT2D eigenvalue weighted by Crippen LogP contribution is -2.29. The summed E-state index contributed by atoms with van der Waals surface area (Å²) in [5.74, 6) is 1.30. The van der Waals surface area contributed by atoms with Gasteiger partial charge in [0.1, 0.15) is 0 Å². The quantitative estimate of drug-likeness (QED) is 0.917. The smallest absolute Gasteiger partial charge is 0.0447 e. The molecule has 2 heterocycles. The molecule has 1 fully saturated rings. The zero-order chi connectivity index (χ0) is 13.1. The van der Waals surface area contributed by atoms with E-state index >= 15 is 0 Å². The summed E-state index contributed by atoms with van der Waals surface area (Å²) >= 11 is 2.11. The monoisotopic (exact) mass is 272 g/mol. The van der Waals surface area contributed by atoms with Crippen molar-refractivity contribution in [3.05, 3.63) is 42.2 Å². The summed E-state index contributed by atoms with van der Waals surface area (Å²) in [4.78, 5) is 4.31. The SMILES string of the molecule is CCNC(c1cccc2ccncc12)C1CCCS1. The average Bonchev–Trinajstić information content (AvgIpc) is 2.98. The van der Waals surface area contributed by atoms with E-state index in [0.29, 0.717) is 11.3 Å². The topological polar surface area (TPSA) is 24.9 Å². The Morgan fingerprint density at radius 1 is 1.42 bits per heavy atom. The minimum Gasteiger partial charge on any atom is -0.309 e. The van der Waals surface area contributed by atoms with Crippen LogP contribution in [0, 0.1) is 0 Å². The summed E-state index contributed by atoms with van der Waals surface area (Å²) in [5, 5.41) is 6.97. The summed E-state index contributed by atoms with van der Waals surface area (Å²) in [6.07, 6.45) is 6.55. The molecular weight excluding hydrogens is 252 g/mol. The van der Waals surface area contributed by atoms with Gasteiger partial charge in [0.05, 0.1) is 0 Å². The molecule has 0 bridgehead atoms. The summed E-state index contributed by atoms with van der Waals surface area (Å²) in [6, 6.07) is 9.15. The first kappa shape index (κ1) is 12.9. The van der Waals surface area contributed by atoms with Crippen molar-refractivity contribution in [2.75, 3.05) is 12.3 Å². The van der Waals surface area contributed by atoms with E-state index in [1.54, 1.807) is 0 Å². The fraction of sp³-hybridized carbons (Fsp3) is 0.438. The van der Waals surface area contributed by atoms with Crippen molar-refractivity contribution in [1.82, 2.24) is 10.3 Å². The number of hydrogen-bond acceptors (Lipinski definition) is 3. The number of benzene rings is 1. The molecule has 3 rings (SSSR count). The lowest BCUT2D eigenvalue weighted by atomic mass is 9.96. The first-order valence-electron chi connectivity index (χ1n) is 7.08. The van der Waals surface area contributed by atoms with E-state index in [0.717, 1.165) is 6.54 Å². The number of aromatic nitrogens is 1. The molecular formula is C16H20N2S. The van der Waals surface area contributed by atoms with Gasteiger partial charge in [0.2, 0.25) is 0 Å². The minimum atomic E-state index is 0.449. The van der Waals surface area contributed by atoms with E-state index in [4.69, 9.17) is 0 Å². The van der Waals surface area contributed by atoms with Crippen LogP contribution in [0.4, 0.5) is 0 Å². The predicted molar refractivity (Wildman–Crippen MR) is 83.6 cm³/mol. The van der Waals surface area contributed by atoms with Crippen LogP contribution < -0.4 is 5.32 Å². The van der Waals surface area contributed by atoms with E-state index < -0.39 is 0 Å². The maximum absolute atomic E-state index is 4.31. The summed E-state index contributed by atoms with van der Waals surface area (Å²) in [6.45, 7) is 3.20. The van der Waals surface area contributed by atoms with Gasteiger partial charge < -0.3 is 5.32 Å². The molecule has 0 saturated carbocycles. The second-order valence-electron chi connectivity index (χ2n) is 5.03. The van der Waals surface area contributed by atoms with Crippen molar-refractivity contribution in [3.63, 3.8) is 0 Å². The normalized spacial score (nSPS) is 20.8. The Bertz CT molecular complexity index is 544. The van der Waals surface area contributed by atoms with Crippen molar-refractivity contribution in [2.45, 2.75) is 31.1 Å². The van der Waals surface area contributed by atoms with Crippen molar-refractivity contribution >= 4 is 22.5 Å². The molecule has 2 atom stereocenters. The van der Waals surface area contributed by atoms with Gasteiger partial charge in [-0.25, -0.2) is 0 Å². The second-order valence-corrected chi connectivity index (χ2v) is 6.38. The van der Waals surface area contributed by atoms with Crippen LogP contribution in [0.5, 0.6) is 0 Å². The van der Waals surface area contributed by atoms with E-state index in [1.165, 1.54) is 34.9 Å². The number of fused-ring (bicyclic) bond motifs is 1. The Balaban J connectivity index is 2.03. The highest BCUT2D eigenvalue weighted by Crippen LogP contribution is 2.38. The molecule has 1 N–H and O–H groups in total. The predicted octanol–water partition coefficient (Wildman–Crippen LogP) is 3.78. The van der Waals surface area contributed by atoms with Crippen molar-refractivity contribution in [2.24, 2.45) is 0 Å². The third kappa shape index (κ3) is 2.63. The zero-order valence-corrected chi connectivity index (χ0v) is 12.1. The molecule has 2 unspecified atom stereocenters. The Labute approximate surface area is 119 Å². The Hall–Kier alpha value is -1.06. The molecule has 1 aliphatic rings. The standard InChI is InChI=1S/C16H20N2S/c1-2-18-16(15-7-4-10-19-15)13-6-3-5-12-8-9-17-11-14(12)13/h3,5-6,8-9,11,15-16,18H,2,4,7,10H2,1H3. The molecule has 2 nitrogen and oxygen atoms in total. The van der Waals surface area contributed by atoms with Gasteiger partial charge in [-0.2, -0.15) is 11.8 Å². The molecule has 0 spiro atoms. The number of hydrogen-bond donors (Lipinski definition) is 1. The van der Waals surface area contributed by atoms with E-state index in [1.807, 2.05) is 12.4 Å². The Morgan fingerprint density at radius 2 is 2.37 bits per heavy atom. The molecule has 1 saturated heterocycles. The summed E-state index contributed by atoms with van der Waals surface area (Å²) in [7, 11) is 0. The molecule has 0 amide bonds. The third-order valence-corrected chi connectivity index (χ3v) is 5.27. The lowest BCUT2D eigenvalue weighted by Gasteiger charge is -2.25. The van der Waals surface area contributed by atoms with Crippen molar-refractivity contribution in [3.8, 4) is 0 Å². The molecule has 19 heavy (non-hydrogen) atoms. The molecule has 0 radical (unpaired) electrons. The van der Waals surface area contributed by atoms with Crippen LogP contribution in [0.15, 0.2) is 36.7 Å². The third-order valence-electron chi connectivity index (χ3n) is 3.81. The Morgan fingerprint density at radius 3 is 3.16 bits per heavy atom. The largest absolute Gasteiger partial charge is 0.309 e. The van der Waals surface area contributed by atoms with Crippen molar-refractivity contribution in [1.29, 1.82) is 0 Å². The molecule has 0 aliphatic carbocycles. The molecule has 3 heteroatoms. The van der Waals surface area contributed by atoms with Gasteiger partial charge >= 0.3 is 0 Å². The summed E-state index contributed by atoms with van der Waals surface area (Å²) in [5.41, 5.74) is 1.41. The minimum absolute atomic E-state index is 0.449. The number of nitrogens with one attached hydrogen (secondary N) is 1. The van der Waals surface area contributed by atoms with Gasteiger partial charge in [0.25, 0.3) is 0 Å². The van der Waals surface area contributed by atoms with Crippen LogP contribution in [0.25, 0.3) is 10.8 Å². The van der Waals surface area contributed by atoms with Crippen LogP contribution in [0.2, 0.25) is 0 Å². The van der Waals surface area contributed by atoms with E-state index in [-0.39, 0.29) is 0 Å². The van der Waals surface area contributed by atoms with Gasteiger partial charge in [0.15, 0.2) is 0 Å². The number of rotatable bonds is 4. The van der Waals surface area contributed by atoms with Gasteiger partial charge in [0, 0.05) is 29.1 Å². The molecule has 2 aromatic rings. The fourth-order valence-electron chi connectivity index (χ4n) is 2.94. The second kappa shape index (κ2) is 5.93. The Kier molecular flexibility index (Phi) is 4.04. The van der Waals surface area contributed by atoms with E-state index in [2.05, 4.69) is 53.3 Å². The highest BCUT2D eigenvalue weighted by Gasteiger charge is 2.27. The number of nitrogens with zero attached hydrogens (tertiary/aromatic N) is 1. The van der Waals surface area contributed by atoms with Gasteiger partial charge in [-0.05, 0) is 42.2 Å². The summed E-state index contributed by atoms with van der Waals surface area (Å²) < 4.78 is 0.